The third kappa shape index (κ3) is 6.23. The fourth-order valence-corrected chi connectivity index (χ4v) is 1.86. The number of nitro groups is 1. The zero-order valence-electron chi connectivity index (χ0n) is 15.7. The number of hydrogen-bond donors (Lipinski definition) is 1. The average molecular weight is 368 g/mol. The summed E-state index contributed by atoms with van der Waals surface area (Å²) in [6.07, 6.45) is -0.782. The average Bonchev–Trinajstić information content (AvgIpc) is 2.50. The Morgan fingerprint density at radius 2 is 1.81 bits per heavy atom. The number of esters is 1. The predicted molar refractivity (Wildman–Crippen MR) is 94.2 cm³/mol. The van der Waals surface area contributed by atoms with E-state index in [4.69, 9.17) is 14.2 Å². The van der Waals surface area contributed by atoms with E-state index < -0.39 is 28.0 Å². The number of amides is 1. The van der Waals surface area contributed by atoms with E-state index in [1.165, 1.54) is 19.2 Å². The predicted octanol–water partition coefficient (Wildman–Crippen LogP) is 3.52. The van der Waals surface area contributed by atoms with Crippen LogP contribution >= 0.6 is 0 Å². The number of carbonyl (C=O) groups is 2. The first kappa shape index (κ1) is 21.2. The molecule has 0 bridgehead atoms. The second-order valence-electron chi connectivity index (χ2n) is 7.23. The maximum atomic E-state index is 12.0. The minimum absolute atomic E-state index is 0.0551. The van der Waals surface area contributed by atoms with Gasteiger partial charge in [0.1, 0.15) is 18.0 Å². The molecule has 0 saturated carbocycles. The number of anilines is 1. The normalized spacial score (nSPS) is 11.5. The van der Waals surface area contributed by atoms with Gasteiger partial charge in [0.05, 0.1) is 23.1 Å². The number of nitrogens with zero attached hydrogens (tertiary/aromatic N) is 1. The molecule has 26 heavy (non-hydrogen) atoms. The smallest absolute Gasteiger partial charge is 0.412 e. The van der Waals surface area contributed by atoms with Crippen LogP contribution < -0.4 is 10.1 Å². The van der Waals surface area contributed by atoms with Crippen LogP contribution in [-0.2, 0) is 14.3 Å². The van der Waals surface area contributed by atoms with Crippen LogP contribution in [0.2, 0.25) is 0 Å². The molecule has 0 atom stereocenters. The van der Waals surface area contributed by atoms with Gasteiger partial charge in [0.25, 0.3) is 5.69 Å². The van der Waals surface area contributed by atoms with Crippen molar-refractivity contribution in [3.05, 3.63) is 28.3 Å². The van der Waals surface area contributed by atoms with Crippen LogP contribution in [0.1, 0.15) is 34.6 Å². The van der Waals surface area contributed by atoms with Crippen molar-refractivity contribution in [2.75, 3.05) is 19.0 Å². The number of nitro benzene ring substituents is 1. The Morgan fingerprint density at radius 1 is 1.19 bits per heavy atom. The topological polar surface area (TPSA) is 117 Å². The van der Waals surface area contributed by atoms with Crippen molar-refractivity contribution in [3.63, 3.8) is 0 Å². The van der Waals surface area contributed by atoms with Gasteiger partial charge >= 0.3 is 12.1 Å². The van der Waals surface area contributed by atoms with Crippen LogP contribution in [0, 0.1) is 15.5 Å². The molecule has 0 spiro atoms. The third-order valence-electron chi connectivity index (χ3n) is 3.14. The van der Waals surface area contributed by atoms with Gasteiger partial charge < -0.3 is 14.2 Å². The van der Waals surface area contributed by atoms with E-state index in [9.17, 15) is 19.7 Å². The van der Waals surface area contributed by atoms with Crippen LogP contribution in [0.25, 0.3) is 0 Å². The van der Waals surface area contributed by atoms with Gasteiger partial charge in [-0.2, -0.15) is 0 Å². The number of nitrogens with one attached hydrogen (secondary N) is 1. The highest BCUT2D eigenvalue weighted by molar-refractivity contribution is 5.87. The molecule has 0 radical (unpaired) electrons. The highest BCUT2D eigenvalue weighted by Gasteiger charge is 2.30. The van der Waals surface area contributed by atoms with Crippen LogP contribution in [0.4, 0.5) is 16.2 Å². The van der Waals surface area contributed by atoms with E-state index in [1.807, 2.05) is 0 Å². The van der Waals surface area contributed by atoms with Crippen molar-refractivity contribution in [3.8, 4) is 5.75 Å². The van der Waals surface area contributed by atoms with Crippen LogP contribution in [0.15, 0.2) is 18.2 Å². The minimum atomic E-state index is -0.945. The summed E-state index contributed by atoms with van der Waals surface area (Å²) in [6.45, 7) is 8.28. The molecule has 0 aliphatic carbocycles. The van der Waals surface area contributed by atoms with Crippen molar-refractivity contribution in [2.24, 2.45) is 5.41 Å². The molecule has 0 fully saturated rings. The zero-order valence-corrected chi connectivity index (χ0v) is 15.7. The van der Waals surface area contributed by atoms with E-state index in [1.54, 1.807) is 34.6 Å². The fourth-order valence-electron chi connectivity index (χ4n) is 1.86. The highest BCUT2D eigenvalue weighted by Crippen LogP contribution is 2.31. The molecule has 9 nitrogen and oxygen atoms in total. The van der Waals surface area contributed by atoms with Crippen LogP contribution in [0.3, 0.4) is 0 Å². The minimum Gasteiger partial charge on any atom is -0.490 e. The number of methoxy groups -OCH3 is 1. The Labute approximate surface area is 151 Å². The molecule has 144 valence electrons. The molecule has 1 rings (SSSR count). The van der Waals surface area contributed by atoms with Gasteiger partial charge in [-0.1, -0.05) is 0 Å². The van der Waals surface area contributed by atoms with E-state index in [-0.39, 0.29) is 23.7 Å². The van der Waals surface area contributed by atoms with Crippen molar-refractivity contribution in [1.82, 2.24) is 0 Å². The Morgan fingerprint density at radius 3 is 2.31 bits per heavy atom. The third-order valence-corrected chi connectivity index (χ3v) is 3.14. The first-order valence-electron chi connectivity index (χ1n) is 7.85. The summed E-state index contributed by atoms with van der Waals surface area (Å²) < 4.78 is 15.5. The van der Waals surface area contributed by atoms with Gasteiger partial charge in [-0.05, 0) is 40.7 Å². The van der Waals surface area contributed by atoms with E-state index in [0.717, 1.165) is 6.07 Å². The second kappa shape index (κ2) is 8.03. The quantitative estimate of drug-likeness (QED) is 0.464. The standard InChI is InChI=1S/C17H24N2O7/c1-16(2,3)26-15(21)18-12-9-11(19(22)23)7-8-13(12)25-10-17(4,5)14(20)24-6/h7-9H,10H2,1-6H3,(H,18,21). The lowest BCUT2D eigenvalue weighted by Gasteiger charge is -2.23. The Kier molecular flexibility index (Phi) is 6.55. The zero-order chi connectivity index (χ0) is 20.1. The molecule has 1 aromatic carbocycles. The summed E-state index contributed by atoms with van der Waals surface area (Å²) in [5.41, 5.74) is -1.84. The second-order valence-corrected chi connectivity index (χ2v) is 7.23. The highest BCUT2D eigenvalue weighted by atomic mass is 16.6. The summed E-state index contributed by atoms with van der Waals surface area (Å²) in [7, 11) is 1.27. The monoisotopic (exact) mass is 368 g/mol. The summed E-state index contributed by atoms with van der Waals surface area (Å²) in [5, 5.41) is 13.4. The van der Waals surface area contributed by atoms with Crippen molar-refractivity contribution >= 4 is 23.4 Å². The maximum absolute atomic E-state index is 12.0. The number of rotatable bonds is 6. The summed E-state index contributed by atoms with van der Waals surface area (Å²) in [5.74, 6) is -0.306. The van der Waals surface area contributed by atoms with Gasteiger partial charge in [-0.15, -0.1) is 0 Å². The first-order chi connectivity index (χ1) is 11.9. The number of ether oxygens (including phenoxy) is 3. The molecule has 0 aromatic heterocycles. The molecule has 9 heteroatoms. The van der Waals surface area contributed by atoms with Crippen LogP contribution in [-0.4, -0.2) is 36.3 Å². The number of carbonyl (C=O) groups excluding carboxylic acids is 2. The summed E-state index contributed by atoms with van der Waals surface area (Å²) in [4.78, 5) is 34.1. The molecule has 1 aromatic rings. The van der Waals surface area contributed by atoms with Gasteiger partial charge in [0.2, 0.25) is 0 Å². The molecular weight excluding hydrogens is 344 g/mol. The van der Waals surface area contributed by atoms with Gasteiger partial charge in [-0.3, -0.25) is 20.2 Å². The Balaban J connectivity index is 3.05. The summed E-state index contributed by atoms with van der Waals surface area (Å²) >= 11 is 0. The van der Waals surface area contributed by atoms with Gasteiger partial charge in [0, 0.05) is 12.1 Å². The van der Waals surface area contributed by atoms with E-state index in [0.29, 0.717) is 0 Å². The first-order valence-corrected chi connectivity index (χ1v) is 7.85. The van der Waals surface area contributed by atoms with Gasteiger partial charge in [-0.25, -0.2) is 4.79 Å². The molecule has 0 unspecified atom stereocenters. The summed E-state index contributed by atoms with van der Waals surface area (Å²) in [6, 6.07) is 3.74. The Hall–Kier alpha value is -2.84. The number of non-ortho nitro benzene ring substituents is 1. The molecular formula is C17H24N2O7. The molecule has 1 amide bonds. The van der Waals surface area contributed by atoms with Crippen molar-refractivity contribution < 1.29 is 28.7 Å². The van der Waals surface area contributed by atoms with Crippen molar-refractivity contribution in [2.45, 2.75) is 40.2 Å². The molecule has 0 aliphatic rings. The van der Waals surface area contributed by atoms with Gasteiger partial charge in [0.15, 0.2) is 0 Å². The SMILES string of the molecule is COC(=O)C(C)(C)COc1ccc([N+](=O)[O-])cc1NC(=O)OC(C)(C)C. The maximum Gasteiger partial charge on any atom is 0.412 e. The van der Waals surface area contributed by atoms with E-state index >= 15 is 0 Å². The molecule has 0 heterocycles. The number of hydrogen-bond acceptors (Lipinski definition) is 7. The molecule has 1 N–H and O–H groups in total. The molecule has 0 aliphatic heterocycles. The number of benzene rings is 1. The Bertz CT molecular complexity index is 693. The van der Waals surface area contributed by atoms with Crippen molar-refractivity contribution in [1.29, 1.82) is 0 Å². The van der Waals surface area contributed by atoms with Crippen LogP contribution in [0.5, 0.6) is 5.75 Å². The lowest BCUT2D eigenvalue weighted by molar-refractivity contribution is -0.384. The lowest BCUT2D eigenvalue weighted by Crippen LogP contribution is -2.32. The molecule has 0 saturated heterocycles. The fraction of sp³-hybridized carbons (Fsp3) is 0.529. The largest absolute Gasteiger partial charge is 0.490 e. The van der Waals surface area contributed by atoms with E-state index in [2.05, 4.69) is 5.32 Å². The lowest BCUT2D eigenvalue weighted by atomic mass is 9.95.